The molecule has 0 bridgehead atoms. The van der Waals surface area contributed by atoms with E-state index in [0.29, 0.717) is 62.1 Å². The summed E-state index contributed by atoms with van der Waals surface area (Å²) in [6, 6.07) is 8.23. The first-order valence-electron chi connectivity index (χ1n) is 11.2. The Hall–Kier alpha value is -3.25. The minimum Gasteiger partial charge on any atom is -0.383 e. The van der Waals surface area contributed by atoms with E-state index in [-0.39, 0.29) is 16.4 Å². The molecular formula is C24H27N5O5S. The molecule has 10 nitrogen and oxygen atoms in total. The van der Waals surface area contributed by atoms with Crippen molar-refractivity contribution in [1.29, 1.82) is 0 Å². The predicted molar refractivity (Wildman–Crippen MR) is 130 cm³/mol. The number of ether oxygens (including phenoxy) is 2. The Balaban J connectivity index is 1.75. The molecule has 0 radical (unpaired) electrons. The molecule has 0 amide bonds. The second-order valence-corrected chi connectivity index (χ2v) is 9.87. The van der Waals surface area contributed by atoms with Gasteiger partial charge in [-0.25, -0.2) is 18.4 Å². The first-order valence-corrected chi connectivity index (χ1v) is 12.6. The third-order valence-electron chi connectivity index (χ3n) is 5.60. The number of methoxy groups -OCH3 is 1. The zero-order valence-corrected chi connectivity index (χ0v) is 20.4. The Kier molecular flexibility index (Phi) is 7.81. The number of carbonyl (C=O) groups is 1. The van der Waals surface area contributed by atoms with Crippen molar-refractivity contribution in [3.05, 3.63) is 65.7 Å². The molecule has 1 saturated heterocycles. The van der Waals surface area contributed by atoms with Crippen molar-refractivity contribution in [3.8, 4) is 11.3 Å². The number of carbonyl (C=O) groups excluding carboxylic acids is 1. The third kappa shape index (κ3) is 5.54. The lowest BCUT2D eigenvalue weighted by molar-refractivity contribution is 0.0730. The van der Waals surface area contributed by atoms with E-state index in [0.717, 1.165) is 5.56 Å². The number of aryl methyl sites for hydroxylation is 1. The fraction of sp³-hybridized carbons (Fsp3) is 0.333. The Labute approximate surface area is 204 Å². The maximum atomic E-state index is 13.3. The van der Waals surface area contributed by atoms with Gasteiger partial charge in [0, 0.05) is 50.3 Å². The second-order valence-electron chi connectivity index (χ2n) is 7.94. The van der Waals surface area contributed by atoms with Gasteiger partial charge in [-0.3, -0.25) is 9.78 Å². The Morgan fingerprint density at radius 1 is 1.20 bits per heavy atom. The van der Waals surface area contributed by atoms with Crippen LogP contribution in [-0.2, 0) is 19.5 Å². The van der Waals surface area contributed by atoms with E-state index >= 15 is 0 Å². The molecule has 184 valence electrons. The van der Waals surface area contributed by atoms with Gasteiger partial charge in [-0.2, -0.15) is 4.31 Å². The van der Waals surface area contributed by atoms with Gasteiger partial charge in [0.15, 0.2) is 11.5 Å². The zero-order valence-electron chi connectivity index (χ0n) is 19.6. The monoisotopic (exact) mass is 497 g/mol. The smallest absolute Gasteiger partial charge is 0.243 e. The van der Waals surface area contributed by atoms with Crippen LogP contribution in [0.25, 0.3) is 11.3 Å². The molecule has 3 aromatic rings. The predicted octanol–water partition coefficient (Wildman–Crippen LogP) is 2.16. The molecule has 0 spiro atoms. The summed E-state index contributed by atoms with van der Waals surface area (Å²) in [5.41, 5.74) is 2.27. The maximum Gasteiger partial charge on any atom is 0.243 e. The van der Waals surface area contributed by atoms with Gasteiger partial charge >= 0.3 is 0 Å². The summed E-state index contributed by atoms with van der Waals surface area (Å²) in [6.07, 6.45) is 4.58. The van der Waals surface area contributed by atoms with Crippen LogP contribution in [0.1, 0.15) is 21.6 Å². The molecule has 1 aliphatic rings. The number of aromatic nitrogens is 3. The van der Waals surface area contributed by atoms with Crippen molar-refractivity contribution in [2.75, 3.05) is 51.9 Å². The molecule has 1 aromatic carbocycles. The lowest BCUT2D eigenvalue weighted by Gasteiger charge is -2.26. The Bertz CT molecular complexity index is 1290. The lowest BCUT2D eigenvalue weighted by Crippen LogP contribution is -2.40. The van der Waals surface area contributed by atoms with Gasteiger partial charge in [0.1, 0.15) is 0 Å². The average Bonchev–Trinajstić information content (AvgIpc) is 2.90. The van der Waals surface area contributed by atoms with Gasteiger partial charge in [-0.05, 0) is 36.8 Å². The van der Waals surface area contributed by atoms with Gasteiger partial charge < -0.3 is 14.8 Å². The molecule has 3 heterocycles. The van der Waals surface area contributed by atoms with Crippen molar-refractivity contribution in [1.82, 2.24) is 19.3 Å². The minimum atomic E-state index is -3.70. The fourth-order valence-electron chi connectivity index (χ4n) is 3.69. The number of hydrogen-bond donors (Lipinski definition) is 1. The highest BCUT2D eigenvalue weighted by molar-refractivity contribution is 7.89. The Morgan fingerprint density at radius 3 is 2.71 bits per heavy atom. The molecular weight excluding hydrogens is 470 g/mol. The summed E-state index contributed by atoms with van der Waals surface area (Å²) >= 11 is 0. The number of nitrogens with zero attached hydrogens (tertiary/aromatic N) is 4. The summed E-state index contributed by atoms with van der Waals surface area (Å²) in [5.74, 6) is -0.0310. The number of ketones is 1. The van der Waals surface area contributed by atoms with Crippen LogP contribution in [-0.4, -0.2) is 80.0 Å². The van der Waals surface area contributed by atoms with Gasteiger partial charge in [0.05, 0.1) is 36.6 Å². The van der Waals surface area contributed by atoms with Gasteiger partial charge in [0.2, 0.25) is 15.8 Å². The molecule has 4 rings (SSSR count). The number of morpholine rings is 1. The zero-order chi connectivity index (χ0) is 24.8. The maximum absolute atomic E-state index is 13.3. The van der Waals surface area contributed by atoms with E-state index in [2.05, 4.69) is 20.3 Å². The van der Waals surface area contributed by atoms with Crippen LogP contribution >= 0.6 is 0 Å². The van der Waals surface area contributed by atoms with Gasteiger partial charge in [-0.1, -0.05) is 6.07 Å². The minimum absolute atomic E-state index is 0.118. The molecule has 0 aliphatic carbocycles. The second kappa shape index (κ2) is 11.0. The first-order chi connectivity index (χ1) is 16.9. The number of anilines is 1. The standard InChI is InChI=1S/C24H27N5O5S/c1-17-5-6-19(35(31,32)29-9-12-34-13-10-29)14-20(17)21-16-27-24(26-8-11-33-2)22(28-21)23(30)18-4-3-7-25-15-18/h3-7,14-16H,8-13H2,1-2H3,(H,26,27). The number of hydrogen-bond acceptors (Lipinski definition) is 9. The van der Waals surface area contributed by atoms with Gasteiger partial charge in [-0.15, -0.1) is 0 Å². The molecule has 0 unspecified atom stereocenters. The normalized spacial score (nSPS) is 14.6. The summed E-state index contributed by atoms with van der Waals surface area (Å²) in [7, 11) is -2.12. The summed E-state index contributed by atoms with van der Waals surface area (Å²) in [6.45, 7) is 4.04. The average molecular weight is 498 g/mol. The molecule has 1 fully saturated rings. The molecule has 1 aliphatic heterocycles. The van der Waals surface area contributed by atoms with E-state index in [1.165, 1.54) is 16.7 Å². The first kappa shape index (κ1) is 24.9. The lowest BCUT2D eigenvalue weighted by atomic mass is 10.1. The van der Waals surface area contributed by atoms with Crippen LogP contribution < -0.4 is 5.32 Å². The van der Waals surface area contributed by atoms with Crippen molar-refractivity contribution in [2.24, 2.45) is 0 Å². The molecule has 35 heavy (non-hydrogen) atoms. The molecule has 0 atom stereocenters. The number of rotatable bonds is 9. The Morgan fingerprint density at radius 2 is 2.00 bits per heavy atom. The fourth-order valence-corrected chi connectivity index (χ4v) is 5.12. The van der Waals surface area contributed by atoms with Crippen LogP contribution in [0.3, 0.4) is 0 Å². The van der Waals surface area contributed by atoms with Crippen LogP contribution in [0.15, 0.2) is 53.8 Å². The topological polar surface area (TPSA) is 124 Å². The summed E-state index contributed by atoms with van der Waals surface area (Å²) < 4.78 is 38.2. The van der Waals surface area contributed by atoms with Crippen molar-refractivity contribution in [2.45, 2.75) is 11.8 Å². The van der Waals surface area contributed by atoms with E-state index < -0.39 is 10.0 Å². The molecule has 2 aromatic heterocycles. The molecule has 11 heteroatoms. The highest BCUT2D eigenvalue weighted by Gasteiger charge is 2.27. The van der Waals surface area contributed by atoms with Crippen molar-refractivity contribution >= 4 is 21.6 Å². The summed E-state index contributed by atoms with van der Waals surface area (Å²) in [4.78, 5) is 26.5. The van der Waals surface area contributed by atoms with Gasteiger partial charge in [0.25, 0.3) is 0 Å². The van der Waals surface area contributed by atoms with E-state index in [9.17, 15) is 13.2 Å². The summed E-state index contributed by atoms with van der Waals surface area (Å²) in [5, 5.41) is 3.08. The van der Waals surface area contributed by atoms with E-state index in [4.69, 9.17) is 9.47 Å². The highest BCUT2D eigenvalue weighted by atomic mass is 32.2. The van der Waals surface area contributed by atoms with E-state index in [1.807, 2.05) is 6.92 Å². The number of sulfonamides is 1. The number of pyridine rings is 1. The SMILES string of the molecule is COCCNc1ncc(-c2cc(S(=O)(=O)N3CCOCC3)ccc2C)nc1C(=O)c1cccnc1. The van der Waals surface area contributed by atoms with Crippen LogP contribution in [0.5, 0.6) is 0 Å². The van der Waals surface area contributed by atoms with Crippen molar-refractivity contribution < 1.29 is 22.7 Å². The molecule has 1 N–H and O–H groups in total. The quantitative estimate of drug-likeness (QED) is 0.350. The highest BCUT2D eigenvalue weighted by Crippen LogP contribution is 2.28. The number of nitrogens with one attached hydrogen (secondary N) is 1. The van der Waals surface area contributed by atoms with Crippen LogP contribution in [0.2, 0.25) is 0 Å². The van der Waals surface area contributed by atoms with Crippen molar-refractivity contribution in [3.63, 3.8) is 0 Å². The van der Waals surface area contributed by atoms with E-state index in [1.54, 1.807) is 43.6 Å². The van der Waals surface area contributed by atoms with Crippen LogP contribution in [0.4, 0.5) is 5.82 Å². The third-order valence-corrected chi connectivity index (χ3v) is 7.50. The van der Waals surface area contributed by atoms with Crippen LogP contribution in [0, 0.1) is 6.92 Å². The number of benzene rings is 1. The molecule has 0 saturated carbocycles. The largest absolute Gasteiger partial charge is 0.383 e.